The zero-order chi connectivity index (χ0) is 16.8. The van der Waals surface area contributed by atoms with Crippen LogP contribution in [0.2, 0.25) is 0 Å². The van der Waals surface area contributed by atoms with Crippen LogP contribution in [0.25, 0.3) is 0 Å². The summed E-state index contributed by atoms with van der Waals surface area (Å²) >= 11 is 0. The Kier molecular flexibility index (Phi) is 6.56. The van der Waals surface area contributed by atoms with Crippen LogP contribution in [0, 0.1) is 5.41 Å². The minimum atomic E-state index is -0.446. The summed E-state index contributed by atoms with van der Waals surface area (Å²) < 4.78 is 0. The normalized spacial score (nSPS) is 12.6. The number of aliphatic hydroxyl groups is 1. The monoisotopic (exact) mass is 306 g/mol. The van der Waals surface area contributed by atoms with Crippen molar-refractivity contribution in [3.63, 3.8) is 0 Å². The van der Waals surface area contributed by atoms with E-state index in [1.165, 1.54) is 0 Å². The lowest BCUT2D eigenvalue weighted by atomic mass is 9.95. The van der Waals surface area contributed by atoms with Crippen LogP contribution in [0.4, 0.5) is 5.69 Å². The molecular formula is C17H26N2O3. The number of nitrogens with one attached hydrogen (secondary N) is 2. The molecule has 5 nitrogen and oxygen atoms in total. The molecule has 22 heavy (non-hydrogen) atoms. The summed E-state index contributed by atoms with van der Waals surface area (Å²) in [7, 11) is 0. The van der Waals surface area contributed by atoms with E-state index in [0.717, 1.165) is 5.56 Å². The first kappa shape index (κ1) is 18.2. The van der Waals surface area contributed by atoms with Gasteiger partial charge in [0.25, 0.3) is 0 Å². The molecule has 1 rings (SSSR count). The quantitative estimate of drug-likeness (QED) is 0.753. The second-order valence-corrected chi connectivity index (χ2v) is 6.43. The van der Waals surface area contributed by atoms with E-state index < -0.39 is 5.41 Å². The van der Waals surface area contributed by atoms with Crippen LogP contribution in [-0.4, -0.2) is 29.6 Å². The molecule has 1 aromatic rings. The van der Waals surface area contributed by atoms with Crippen molar-refractivity contribution in [2.45, 2.75) is 46.6 Å². The third kappa shape index (κ3) is 5.85. The maximum Gasteiger partial charge on any atom is 0.229 e. The number of anilines is 1. The summed E-state index contributed by atoms with van der Waals surface area (Å²) in [5.74, 6) is -0.167. The average Bonchev–Trinajstić information content (AvgIpc) is 2.45. The molecule has 0 aliphatic heterocycles. The Hall–Kier alpha value is -1.88. The highest BCUT2D eigenvalue weighted by Crippen LogP contribution is 2.17. The zero-order valence-corrected chi connectivity index (χ0v) is 13.8. The van der Waals surface area contributed by atoms with Gasteiger partial charge in [0.2, 0.25) is 11.8 Å². The Morgan fingerprint density at radius 3 is 2.23 bits per heavy atom. The molecule has 5 heteroatoms. The van der Waals surface area contributed by atoms with Crippen LogP contribution >= 0.6 is 0 Å². The van der Waals surface area contributed by atoms with Crippen LogP contribution in [0.3, 0.4) is 0 Å². The Morgan fingerprint density at radius 2 is 1.77 bits per heavy atom. The molecule has 0 aromatic heterocycles. The predicted octanol–water partition coefficient (Wildman–Crippen LogP) is 2.10. The number of hydrogen-bond donors (Lipinski definition) is 3. The minimum Gasteiger partial charge on any atom is -0.394 e. The highest BCUT2D eigenvalue weighted by molar-refractivity contribution is 5.94. The van der Waals surface area contributed by atoms with Crippen molar-refractivity contribution in [1.29, 1.82) is 0 Å². The van der Waals surface area contributed by atoms with Crippen LogP contribution in [0.5, 0.6) is 0 Å². The van der Waals surface area contributed by atoms with E-state index >= 15 is 0 Å². The van der Waals surface area contributed by atoms with Gasteiger partial charge in [0.1, 0.15) is 0 Å². The van der Waals surface area contributed by atoms with Gasteiger partial charge in [-0.1, -0.05) is 39.8 Å². The van der Waals surface area contributed by atoms with Crippen LogP contribution in [-0.2, 0) is 16.0 Å². The van der Waals surface area contributed by atoms with Gasteiger partial charge in [-0.3, -0.25) is 9.59 Å². The summed E-state index contributed by atoms with van der Waals surface area (Å²) in [6.07, 6.45) is 0.948. The summed E-state index contributed by atoms with van der Waals surface area (Å²) in [6, 6.07) is 7.01. The second kappa shape index (κ2) is 7.94. The van der Waals surface area contributed by atoms with Crippen molar-refractivity contribution in [1.82, 2.24) is 5.32 Å². The van der Waals surface area contributed by atoms with Crippen LogP contribution < -0.4 is 10.6 Å². The summed E-state index contributed by atoms with van der Waals surface area (Å²) in [4.78, 5) is 23.7. The number of aliphatic hydroxyl groups excluding tert-OH is 1. The number of benzene rings is 1. The van der Waals surface area contributed by atoms with Gasteiger partial charge in [-0.25, -0.2) is 0 Å². The van der Waals surface area contributed by atoms with E-state index in [4.69, 9.17) is 5.11 Å². The van der Waals surface area contributed by atoms with Gasteiger partial charge in [0.15, 0.2) is 0 Å². The number of hydrogen-bond acceptors (Lipinski definition) is 3. The fourth-order valence-corrected chi connectivity index (χ4v) is 1.77. The Labute approximate surface area is 132 Å². The Morgan fingerprint density at radius 1 is 1.18 bits per heavy atom. The third-order valence-corrected chi connectivity index (χ3v) is 3.34. The number of rotatable bonds is 6. The lowest BCUT2D eigenvalue weighted by molar-refractivity contribution is -0.123. The molecule has 1 atom stereocenters. The first-order valence-corrected chi connectivity index (χ1v) is 7.57. The highest BCUT2D eigenvalue weighted by Gasteiger charge is 2.21. The number of amides is 2. The predicted molar refractivity (Wildman–Crippen MR) is 87.5 cm³/mol. The maximum atomic E-state index is 11.9. The molecule has 122 valence electrons. The summed E-state index contributed by atoms with van der Waals surface area (Å²) in [5, 5.41) is 14.7. The lowest BCUT2D eigenvalue weighted by Crippen LogP contribution is -2.37. The lowest BCUT2D eigenvalue weighted by Gasteiger charge is -2.18. The van der Waals surface area contributed by atoms with E-state index in [1.807, 2.05) is 39.8 Å². The Balaban J connectivity index is 2.58. The fraction of sp³-hybridized carbons (Fsp3) is 0.529. The summed E-state index contributed by atoms with van der Waals surface area (Å²) in [6.45, 7) is 7.42. The molecule has 3 N–H and O–H groups in total. The molecule has 1 aromatic carbocycles. The fourth-order valence-electron chi connectivity index (χ4n) is 1.77. The smallest absolute Gasteiger partial charge is 0.229 e. The zero-order valence-electron chi connectivity index (χ0n) is 13.8. The first-order chi connectivity index (χ1) is 10.3. The van der Waals surface area contributed by atoms with Crippen molar-refractivity contribution >= 4 is 17.5 Å². The largest absolute Gasteiger partial charge is 0.394 e. The molecule has 0 fully saturated rings. The molecule has 0 aliphatic rings. The number of carbonyl (C=O) groups excluding carboxylic acids is 2. The second-order valence-electron chi connectivity index (χ2n) is 6.43. The molecule has 0 radical (unpaired) electrons. The third-order valence-electron chi connectivity index (χ3n) is 3.34. The van der Waals surface area contributed by atoms with Gasteiger partial charge in [0, 0.05) is 11.1 Å². The molecule has 0 heterocycles. The van der Waals surface area contributed by atoms with Crippen molar-refractivity contribution in [3.05, 3.63) is 29.8 Å². The highest BCUT2D eigenvalue weighted by atomic mass is 16.3. The van der Waals surface area contributed by atoms with Crippen molar-refractivity contribution in [2.24, 2.45) is 5.41 Å². The minimum absolute atomic E-state index is 0.0493. The van der Waals surface area contributed by atoms with E-state index in [-0.39, 0.29) is 30.9 Å². The van der Waals surface area contributed by atoms with Crippen LogP contribution in [0.15, 0.2) is 24.3 Å². The molecule has 0 aliphatic carbocycles. The van der Waals surface area contributed by atoms with Gasteiger partial charge >= 0.3 is 0 Å². The van der Waals surface area contributed by atoms with Crippen LogP contribution in [0.1, 0.15) is 39.7 Å². The maximum absolute atomic E-state index is 11.9. The molecule has 2 amide bonds. The van der Waals surface area contributed by atoms with Gasteiger partial charge in [0.05, 0.1) is 19.1 Å². The SMILES string of the molecule is CCC(CO)NC(=O)Cc1ccc(NC(=O)C(C)(C)C)cc1. The summed E-state index contributed by atoms with van der Waals surface area (Å²) in [5.41, 5.74) is 1.13. The average molecular weight is 306 g/mol. The van der Waals surface area contributed by atoms with Gasteiger partial charge in [-0.05, 0) is 24.1 Å². The van der Waals surface area contributed by atoms with Crippen molar-refractivity contribution < 1.29 is 14.7 Å². The molecule has 0 saturated heterocycles. The van der Waals surface area contributed by atoms with Gasteiger partial charge < -0.3 is 15.7 Å². The Bertz CT molecular complexity index is 500. The topological polar surface area (TPSA) is 78.4 Å². The van der Waals surface area contributed by atoms with Crippen molar-refractivity contribution in [3.8, 4) is 0 Å². The van der Waals surface area contributed by atoms with Gasteiger partial charge in [-0.15, -0.1) is 0 Å². The van der Waals surface area contributed by atoms with E-state index in [9.17, 15) is 9.59 Å². The first-order valence-electron chi connectivity index (χ1n) is 7.57. The van der Waals surface area contributed by atoms with Crippen molar-refractivity contribution in [2.75, 3.05) is 11.9 Å². The number of carbonyl (C=O) groups is 2. The molecule has 1 unspecified atom stereocenters. The standard InChI is InChI=1S/C17H26N2O3/c1-5-13(11-20)18-15(21)10-12-6-8-14(9-7-12)19-16(22)17(2,3)4/h6-9,13,20H,5,10-11H2,1-4H3,(H,18,21)(H,19,22). The van der Waals surface area contributed by atoms with Gasteiger partial charge in [-0.2, -0.15) is 0 Å². The van der Waals surface area contributed by atoms with E-state index in [1.54, 1.807) is 12.1 Å². The molecule has 0 spiro atoms. The van der Waals surface area contributed by atoms with E-state index in [2.05, 4.69) is 10.6 Å². The van der Waals surface area contributed by atoms with E-state index in [0.29, 0.717) is 12.1 Å². The molecule has 0 bridgehead atoms. The molecular weight excluding hydrogens is 280 g/mol. The molecule has 0 saturated carbocycles.